The number of amides is 1. The molecule has 3 rings (SSSR count). The lowest BCUT2D eigenvalue weighted by atomic mass is 10.1. The fourth-order valence-corrected chi connectivity index (χ4v) is 3.69. The second kappa shape index (κ2) is 8.45. The quantitative estimate of drug-likeness (QED) is 0.618. The molecule has 1 saturated heterocycles. The minimum Gasteiger partial charge on any atom is -0.376 e. The molecule has 1 N–H and O–H groups in total. The molecule has 1 fully saturated rings. The predicted octanol–water partition coefficient (Wildman–Crippen LogP) is 4.45. The molecule has 0 unspecified atom stereocenters. The number of carbonyl (C=O) groups excluding carboxylic acids is 1. The van der Waals surface area contributed by atoms with E-state index in [1.54, 1.807) is 6.08 Å². The normalized spacial score (nSPS) is 16.8. The molecule has 1 amide bonds. The van der Waals surface area contributed by atoms with Crippen molar-refractivity contribution in [3.63, 3.8) is 0 Å². The van der Waals surface area contributed by atoms with E-state index in [4.69, 9.17) is 4.74 Å². The highest BCUT2D eigenvalue weighted by molar-refractivity contribution is 6.10. The smallest absolute Gasteiger partial charge is 0.266 e. The van der Waals surface area contributed by atoms with Gasteiger partial charge in [-0.3, -0.25) is 4.79 Å². The van der Waals surface area contributed by atoms with Gasteiger partial charge in [0, 0.05) is 30.2 Å². The standard InChI is InChI=1S/C23H27N3O2/c1-15-7-8-22(16(2)10-15)25-23(27)20(13-24)12-19-11-17(3)26(18(19)4)14-21-6-5-9-28-21/h7-8,10-12,21H,5-6,9,14H2,1-4H3,(H,25,27)/b20-12+/t21-/m0/s1. The van der Waals surface area contributed by atoms with Crippen molar-refractivity contribution in [2.24, 2.45) is 0 Å². The Hall–Kier alpha value is -2.84. The summed E-state index contributed by atoms with van der Waals surface area (Å²) in [6, 6.07) is 9.88. The molecule has 0 spiro atoms. The molecule has 5 heteroatoms. The molecule has 1 atom stereocenters. The van der Waals surface area contributed by atoms with Crippen molar-refractivity contribution in [2.45, 2.75) is 53.2 Å². The largest absolute Gasteiger partial charge is 0.376 e. The summed E-state index contributed by atoms with van der Waals surface area (Å²) in [5.74, 6) is -0.390. The Morgan fingerprint density at radius 3 is 2.75 bits per heavy atom. The van der Waals surface area contributed by atoms with Gasteiger partial charge in [-0.2, -0.15) is 5.26 Å². The summed E-state index contributed by atoms with van der Waals surface area (Å²) in [6.45, 7) is 9.64. The van der Waals surface area contributed by atoms with E-state index in [1.807, 2.05) is 58.0 Å². The molecule has 2 heterocycles. The Morgan fingerprint density at radius 2 is 2.11 bits per heavy atom. The molecule has 0 radical (unpaired) electrons. The SMILES string of the molecule is Cc1ccc(NC(=O)/C(C#N)=C/c2cc(C)n(C[C@@H]3CCCO3)c2C)c(C)c1. The van der Waals surface area contributed by atoms with Gasteiger partial charge in [0.2, 0.25) is 0 Å². The third kappa shape index (κ3) is 4.35. The summed E-state index contributed by atoms with van der Waals surface area (Å²) in [4.78, 5) is 12.6. The lowest BCUT2D eigenvalue weighted by Crippen LogP contribution is -2.17. The summed E-state index contributed by atoms with van der Waals surface area (Å²) in [6.07, 6.45) is 4.09. The van der Waals surface area contributed by atoms with Crippen molar-refractivity contribution in [3.05, 3.63) is 57.9 Å². The Bertz CT molecular complexity index is 957. The van der Waals surface area contributed by atoms with Gasteiger partial charge in [0.05, 0.1) is 6.10 Å². The van der Waals surface area contributed by atoms with Crippen molar-refractivity contribution in [2.75, 3.05) is 11.9 Å². The maximum atomic E-state index is 12.6. The van der Waals surface area contributed by atoms with E-state index in [9.17, 15) is 10.1 Å². The van der Waals surface area contributed by atoms with Crippen molar-refractivity contribution in [1.29, 1.82) is 5.26 Å². The molecule has 28 heavy (non-hydrogen) atoms. The average molecular weight is 377 g/mol. The number of ether oxygens (including phenoxy) is 1. The monoisotopic (exact) mass is 377 g/mol. The Balaban J connectivity index is 1.82. The van der Waals surface area contributed by atoms with Gasteiger partial charge >= 0.3 is 0 Å². The van der Waals surface area contributed by atoms with Crippen LogP contribution >= 0.6 is 0 Å². The van der Waals surface area contributed by atoms with Gasteiger partial charge in [0.25, 0.3) is 5.91 Å². The number of aromatic nitrogens is 1. The Kier molecular flexibility index (Phi) is 6.01. The molecule has 1 aliphatic heterocycles. The molecular formula is C23H27N3O2. The van der Waals surface area contributed by atoms with Crippen molar-refractivity contribution in [3.8, 4) is 6.07 Å². The van der Waals surface area contributed by atoms with Crippen LogP contribution in [0.25, 0.3) is 6.08 Å². The fourth-order valence-electron chi connectivity index (χ4n) is 3.69. The zero-order chi connectivity index (χ0) is 20.3. The zero-order valence-corrected chi connectivity index (χ0v) is 17.0. The van der Waals surface area contributed by atoms with Gasteiger partial charge in [-0.15, -0.1) is 0 Å². The third-order valence-electron chi connectivity index (χ3n) is 5.32. The maximum absolute atomic E-state index is 12.6. The minimum absolute atomic E-state index is 0.0948. The molecular weight excluding hydrogens is 350 g/mol. The molecule has 5 nitrogen and oxygen atoms in total. The van der Waals surface area contributed by atoms with Crippen molar-refractivity contribution >= 4 is 17.7 Å². The van der Waals surface area contributed by atoms with E-state index in [2.05, 4.69) is 9.88 Å². The van der Waals surface area contributed by atoms with Gasteiger partial charge in [-0.1, -0.05) is 17.7 Å². The van der Waals surface area contributed by atoms with E-state index in [1.165, 1.54) is 0 Å². The minimum atomic E-state index is -0.390. The van der Waals surface area contributed by atoms with Crippen molar-refractivity contribution in [1.82, 2.24) is 4.57 Å². The highest BCUT2D eigenvalue weighted by Crippen LogP contribution is 2.23. The molecule has 2 aromatic rings. The van der Waals surface area contributed by atoms with Crippen LogP contribution in [0.15, 0.2) is 29.8 Å². The second-order valence-corrected chi connectivity index (χ2v) is 7.51. The number of anilines is 1. The van der Waals surface area contributed by atoms with Crippen LogP contribution in [-0.4, -0.2) is 23.2 Å². The van der Waals surface area contributed by atoms with Crippen LogP contribution in [-0.2, 0) is 16.1 Å². The van der Waals surface area contributed by atoms with Crippen LogP contribution in [0.2, 0.25) is 0 Å². The number of nitriles is 1. The summed E-state index contributed by atoms with van der Waals surface area (Å²) in [5, 5.41) is 12.4. The molecule has 1 aromatic carbocycles. The van der Waals surface area contributed by atoms with Crippen LogP contribution in [0.1, 0.15) is 40.9 Å². The Labute approximate surface area is 166 Å². The number of rotatable bonds is 5. The van der Waals surface area contributed by atoms with Crippen LogP contribution in [0, 0.1) is 39.0 Å². The first-order chi connectivity index (χ1) is 13.4. The van der Waals surface area contributed by atoms with Gasteiger partial charge in [0.15, 0.2) is 0 Å². The maximum Gasteiger partial charge on any atom is 0.266 e. The summed E-state index contributed by atoms with van der Waals surface area (Å²) in [7, 11) is 0. The molecule has 0 bridgehead atoms. The third-order valence-corrected chi connectivity index (χ3v) is 5.32. The summed E-state index contributed by atoms with van der Waals surface area (Å²) < 4.78 is 7.96. The predicted molar refractivity (Wildman–Crippen MR) is 111 cm³/mol. The number of aryl methyl sites for hydroxylation is 3. The fraction of sp³-hybridized carbons (Fsp3) is 0.391. The first-order valence-electron chi connectivity index (χ1n) is 9.67. The number of carbonyl (C=O) groups is 1. The van der Waals surface area contributed by atoms with E-state index >= 15 is 0 Å². The average Bonchev–Trinajstić information content (AvgIpc) is 3.26. The first kappa shape index (κ1) is 19.9. The number of nitrogens with one attached hydrogen (secondary N) is 1. The molecule has 146 valence electrons. The first-order valence-corrected chi connectivity index (χ1v) is 9.67. The number of benzene rings is 1. The van der Waals surface area contributed by atoms with Crippen LogP contribution in [0.4, 0.5) is 5.69 Å². The Morgan fingerprint density at radius 1 is 1.32 bits per heavy atom. The van der Waals surface area contributed by atoms with E-state index in [-0.39, 0.29) is 11.7 Å². The van der Waals surface area contributed by atoms with E-state index in [0.717, 1.165) is 59.8 Å². The molecule has 1 aromatic heterocycles. The van der Waals surface area contributed by atoms with Crippen LogP contribution < -0.4 is 5.32 Å². The summed E-state index contributed by atoms with van der Waals surface area (Å²) in [5.41, 5.74) is 5.96. The summed E-state index contributed by atoms with van der Waals surface area (Å²) >= 11 is 0. The lowest BCUT2D eigenvalue weighted by molar-refractivity contribution is -0.112. The molecule has 0 saturated carbocycles. The second-order valence-electron chi connectivity index (χ2n) is 7.51. The van der Waals surface area contributed by atoms with Crippen LogP contribution in [0.5, 0.6) is 0 Å². The highest BCUT2D eigenvalue weighted by atomic mass is 16.5. The topological polar surface area (TPSA) is 67.0 Å². The number of hydrogen-bond donors (Lipinski definition) is 1. The zero-order valence-electron chi connectivity index (χ0n) is 17.0. The number of nitrogens with zero attached hydrogens (tertiary/aromatic N) is 2. The van der Waals surface area contributed by atoms with Gasteiger partial charge in [0.1, 0.15) is 11.6 Å². The van der Waals surface area contributed by atoms with Crippen LogP contribution in [0.3, 0.4) is 0 Å². The number of hydrogen-bond acceptors (Lipinski definition) is 3. The molecule has 0 aliphatic carbocycles. The van der Waals surface area contributed by atoms with Gasteiger partial charge in [-0.25, -0.2) is 0 Å². The lowest BCUT2D eigenvalue weighted by Gasteiger charge is -2.14. The van der Waals surface area contributed by atoms with E-state index in [0.29, 0.717) is 0 Å². The van der Waals surface area contributed by atoms with Gasteiger partial charge in [-0.05, 0) is 69.9 Å². The van der Waals surface area contributed by atoms with Crippen molar-refractivity contribution < 1.29 is 9.53 Å². The highest BCUT2D eigenvalue weighted by Gasteiger charge is 2.19. The molecule has 1 aliphatic rings. The van der Waals surface area contributed by atoms with E-state index < -0.39 is 5.91 Å². The van der Waals surface area contributed by atoms with Gasteiger partial charge < -0.3 is 14.6 Å².